The number of hydrogen-bond acceptors (Lipinski definition) is 6. The molecule has 0 spiro atoms. The molecule has 0 radical (unpaired) electrons. The van der Waals surface area contributed by atoms with Gasteiger partial charge in [0.15, 0.2) is 0 Å². The Morgan fingerprint density at radius 3 is 2.38 bits per heavy atom. The third-order valence-electron chi connectivity index (χ3n) is 5.82. The minimum absolute atomic E-state index is 0.0647. The molecule has 0 aromatic heterocycles. The van der Waals surface area contributed by atoms with E-state index in [1.165, 1.54) is 25.5 Å². The van der Waals surface area contributed by atoms with Gasteiger partial charge in [-0.05, 0) is 78.7 Å². The smallest absolute Gasteiger partial charge is 0.264 e. The summed E-state index contributed by atoms with van der Waals surface area (Å²) in [5, 5.41) is 4.64. The van der Waals surface area contributed by atoms with Gasteiger partial charge in [-0.1, -0.05) is 47.5 Å². The maximum absolute atomic E-state index is 13.5. The van der Waals surface area contributed by atoms with E-state index in [1.54, 1.807) is 66.7 Å². The van der Waals surface area contributed by atoms with Gasteiger partial charge in [0, 0.05) is 11.1 Å². The van der Waals surface area contributed by atoms with E-state index in [2.05, 4.69) is 10.5 Å². The van der Waals surface area contributed by atoms with E-state index in [0.29, 0.717) is 28.7 Å². The average Bonchev–Trinajstić information content (AvgIpc) is 2.96. The maximum Gasteiger partial charge on any atom is 0.264 e. The minimum atomic E-state index is -4.06. The number of halogens is 1. The summed E-state index contributed by atoms with van der Waals surface area (Å²) in [6.45, 7) is 1.75. The molecule has 40 heavy (non-hydrogen) atoms. The van der Waals surface area contributed by atoms with Gasteiger partial charge in [0.25, 0.3) is 15.9 Å². The Hall–Kier alpha value is -4.34. The van der Waals surface area contributed by atoms with Crippen molar-refractivity contribution in [1.29, 1.82) is 0 Å². The zero-order valence-electron chi connectivity index (χ0n) is 22.0. The van der Waals surface area contributed by atoms with Crippen molar-refractivity contribution in [3.63, 3.8) is 0 Å². The van der Waals surface area contributed by atoms with Gasteiger partial charge in [0.2, 0.25) is 0 Å². The normalized spacial score (nSPS) is 11.3. The topological polar surface area (TPSA) is 97.3 Å². The zero-order valence-corrected chi connectivity index (χ0v) is 23.5. The molecule has 0 fully saturated rings. The molecule has 0 heterocycles. The molecule has 0 aliphatic heterocycles. The highest BCUT2D eigenvalue weighted by Crippen LogP contribution is 2.27. The molecule has 1 N–H and O–H groups in total. The maximum atomic E-state index is 13.5. The Bertz CT molecular complexity index is 1590. The number of ether oxygens (including phenoxy) is 2. The molecule has 0 aliphatic rings. The van der Waals surface area contributed by atoms with E-state index < -0.39 is 22.5 Å². The fourth-order valence-corrected chi connectivity index (χ4v) is 5.33. The standard InChI is InChI=1S/C30H28ClN3O5S/c1-22-9-15-29(16-10-22)40(36,37)34(26-7-4-8-28(18-26)38-2)20-30(35)33-32-19-23-11-13-27(14-12-23)39-21-24-5-3-6-25(31)17-24/h3-19H,20-21H2,1-2H3,(H,33,35)/b32-19-. The molecule has 4 aromatic carbocycles. The number of sulfonamides is 1. The van der Waals surface area contributed by atoms with E-state index in [4.69, 9.17) is 21.1 Å². The van der Waals surface area contributed by atoms with Crippen molar-refractivity contribution in [3.05, 3.63) is 119 Å². The van der Waals surface area contributed by atoms with Crippen molar-refractivity contribution in [2.45, 2.75) is 18.4 Å². The Labute approximate surface area is 238 Å². The average molecular weight is 578 g/mol. The lowest BCUT2D eigenvalue weighted by atomic mass is 10.2. The van der Waals surface area contributed by atoms with Crippen LogP contribution < -0.4 is 19.2 Å². The van der Waals surface area contributed by atoms with Crippen LogP contribution in [0.15, 0.2) is 107 Å². The monoisotopic (exact) mass is 577 g/mol. The van der Waals surface area contributed by atoms with E-state index >= 15 is 0 Å². The quantitative estimate of drug-likeness (QED) is 0.185. The molecule has 0 saturated heterocycles. The highest BCUT2D eigenvalue weighted by molar-refractivity contribution is 7.92. The van der Waals surface area contributed by atoms with Crippen molar-refractivity contribution in [3.8, 4) is 11.5 Å². The van der Waals surface area contributed by atoms with Crippen LogP contribution in [0.5, 0.6) is 11.5 Å². The van der Waals surface area contributed by atoms with Gasteiger partial charge in [0.05, 0.1) is 23.9 Å². The number of aryl methyl sites for hydroxylation is 1. The van der Waals surface area contributed by atoms with Crippen LogP contribution in [0.25, 0.3) is 0 Å². The fraction of sp³-hybridized carbons (Fsp3) is 0.133. The number of rotatable bonds is 11. The molecular weight excluding hydrogens is 550 g/mol. The molecule has 206 valence electrons. The van der Waals surface area contributed by atoms with Crippen molar-refractivity contribution in [1.82, 2.24) is 5.43 Å². The predicted molar refractivity (Wildman–Crippen MR) is 157 cm³/mol. The minimum Gasteiger partial charge on any atom is -0.497 e. The number of benzene rings is 4. The first-order valence-electron chi connectivity index (χ1n) is 12.3. The number of nitrogens with zero attached hydrogens (tertiary/aromatic N) is 2. The van der Waals surface area contributed by atoms with Crippen LogP contribution >= 0.6 is 11.6 Å². The summed E-state index contributed by atoms with van der Waals surface area (Å²) < 4.78 is 39.1. The van der Waals surface area contributed by atoms with Crippen molar-refractivity contribution in [2.75, 3.05) is 18.0 Å². The van der Waals surface area contributed by atoms with Crippen molar-refractivity contribution >= 4 is 39.4 Å². The lowest BCUT2D eigenvalue weighted by molar-refractivity contribution is -0.119. The Morgan fingerprint density at radius 2 is 1.68 bits per heavy atom. The predicted octanol–water partition coefficient (Wildman–Crippen LogP) is 5.58. The summed E-state index contributed by atoms with van der Waals surface area (Å²) in [6.07, 6.45) is 1.46. The summed E-state index contributed by atoms with van der Waals surface area (Å²) in [5.74, 6) is 0.507. The highest BCUT2D eigenvalue weighted by atomic mass is 35.5. The third kappa shape index (κ3) is 7.62. The van der Waals surface area contributed by atoms with Crippen LogP contribution in [0.2, 0.25) is 5.02 Å². The lowest BCUT2D eigenvalue weighted by Crippen LogP contribution is -2.39. The van der Waals surface area contributed by atoms with Crippen molar-refractivity contribution in [2.24, 2.45) is 5.10 Å². The number of hydrazone groups is 1. The molecule has 0 aliphatic carbocycles. The van der Waals surface area contributed by atoms with Gasteiger partial charge in [-0.3, -0.25) is 9.10 Å². The van der Waals surface area contributed by atoms with E-state index in [9.17, 15) is 13.2 Å². The lowest BCUT2D eigenvalue weighted by Gasteiger charge is -2.24. The largest absolute Gasteiger partial charge is 0.497 e. The molecule has 0 atom stereocenters. The molecular formula is C30H28ClN3O5S. The first kappa shape index (κ1) is 28.7. The van der Waals surface area contributed by atoms with Crippen LogP contribution in [0.3, 0.4) is 0 Å². The number of nitrogens with one attached hydrogen (secondary N) is 1. The summed E-state index contributed by atoms with van der Waals surface area (Å²) in [7, 11) is -2.57. The fourth-order valence-electron chi connectivity index (χ4n) is 3.71. The van der Waals surface area contributed by atoms with Gasteiger partial charge in [-0.15, -0.1) is 0 Å². The van der Waals surface area contributed by atoms with E-state index in [1.807, 2.05) is 25.1 Å². The van der Waals surface area contributed by atoms with Gasteiger partial charge in [-0.2, -0.15) is 5.10 Å². The molecule has 10 heteroatoms. The number of methoxy groups -OCH3 is 1. The summed E-state index contributed by atoms with van der Waals surface area (Å²) in [5.41, 5.74) is 5.28. The molecule has 4 rings (SSSR count). The second-order valence-electron chi connectivity index (χ2n) is 8.81. The number of anilines is 1. The number of hydrogen-bond donors (Lipinski definition) is 1. The molecule has 1 amide bonds. The molecule has 0 saturated carbocycles. The van der Waals surface area contributed by atoms with Crippen LogP contribution in [-0.2, 0) is 21.4 Å². The number of carbonyl (C=O) groups excluding carboxylic acids is 1. The number of amides is 1. The van der Waals surface area contributed by atoms with Crippen LogP contribution in [0.1, 0.15) is 16.7 Å². The number of carbonyl (C=O) groups is 1. The zero-order chi connectivity index (χ0) is 28.5. The van der Waals surface area contributed by atoms with Crippen molar-refractivity contribution < 1.29 is 22.7 Å². The molecule has 0 bridgehead atoms. The summed E-state index contributed by atoms with van der Waals surface area (Å²) in [6, 6.07) is 27.5. The Balaban J connectivity index is 1.42. The molecule has 0 unspecified atom stereocenters. The van der Waals surface area contributed by atoms with Gasteiger partial charge < -0.3 is 9.47 Å². The second-order valence-corrected chi connectivity index (χ2v) is 11.1. The second kappa shape index (κ2) is 13.1. The first-order chi connectivity index (χ1) is 19.2. The summed E-state index contributed by atoms with van der Waals surface area (Å²) in [4.78, 5) is 12.9. The van der Waals surface area contributed by atoms with Gasteiger partial charge in [0.1, 0.15) is 24.7 Å². The molecule has 8 nitrogen and oxygen atoms in total. The van der Waals surface area contributed by atoms with Crippen LogP contribution in [-0.4, -0.2) is 34.2 Å². The third-order valence-corrected chi connectivity index (χ3v) is 7.84. The first-order valence-corrected chi connectivity index (χ1v) is 14.1. The van der Waals surface area contributed by atoms with Gasteiger partial charge >= 0.3 is 0 Å². The molecule has 4 aromatic rings. The highest BCUT2D eigenvalue weighted by Gasteiger charge is 2.27. The van der Waals surface area contributed by atoms with Gasteiger partial charge in [-0.25, -0.2) is 13.8 Å². The van der Waals surface area contributed by atoms with E-state index in [0.717, 1.165) is 15.4 Å². The SMILES string of the molecule is COc1cccc(N(CC(=O)N/N=C\c2ccc(OCc3cccc(Cl)c3)cc2)S(=O)(=O)c2ccc(C)cc2)c1. The Kier molecular flexibility index (Phi) is 9.42. The van der Waals surface area contributed by atoms with E-state index in [-0.39, 0.29) is 10.6 Å². The van der Waals surface area contributed by atoms with Crippen LogP contribution in [0, 0.1) is 6.92 Å². The Morgan fingerprint density at radius 1 is 0.950 bits per heavy atom. The van der Waals surface area contributed by atoms with Crippen LogP contribution in [0.4, 0.5) is 5.69 Å². The summed E-state index contributed by atoms with van der Waals surface area (Å²) >= 11 is 6.01.